The van der Waals surface area contributed by atoms with Crippen LogP contribution in [0.3, 0.4) is 0 Å². The number of hydrogen-bond donors (Lipinski definition) is 2. The van der Waals surface area contributed by atoms with Crippen LogP contribution in [0.2, 0.25) is 0 Å². The summed E-state index contributed by atoms with van der Waals surface area (Å²) < 4.78 is 0. The van der Waals surface area contributed by atoms with Gasteiger partial charge in [0, 0.05) is 5.69 Å². The largest absolute Gasteiger partial charge is 0.480 e. The Morgan fingerprint density at radius 3 is 2.09 bits per heavy atom. The molecular formula is C18H20N2O3. The highest BCUT2D eigenvalue weighted by Crippen LogP contribution is 2.18. The molecule has 0 aromatic heterocycles. The number of amides is 1. The summed E-state index contributed by atoms with van der Waals surface area (Å²) in [5.41, 5.74) is 7.50. The van der Waals surface area contributed by atoms with Crippen LogP contribution in [0.4, 0.5) is 5.69 Å². The Balaban J connectivity index is 2.24. The molecule has 0 aliphatic heterocycles. The van der Waals surface area contributed by atoms with Crippen molar-refractivity contribution < 1.29 is 14.7 Å². The van der Waals surface area contributed by atoms with Crippen molar-refractivity contribution in [1.29, 1.82) is 0 Å². The van der Waals surface area contributed by atoms with Gasteiger partial charge in [0.05, 0.1) is 6.04 Å². The van der Waals surface area contributed by atoms with Crippen molar-refractivity contribution >= 4 is 17.6 Å². The number of carboxylic acid groups (broad SMARTS) is 1. The number of para-hydroxylation sites is 1. The second-order valence-corrected chi connectivity index (χ2v) is 5.35. The van der Waals surface area contributed by atoms with Crippen LogP contribution >= 0.6 is 0 Å². The summed E-state index contributed by atoms with van der Waals surface area (Å²) in [4.78, 5) is 25.3. The maximum absolute atomic E-state index is 12.7. The molecule has 3 N–H and O–H groups in total. The lowest BCUT2D eigenvalue weighted by molar-refractivity contribution is -0.139. The normalized spacial score (nSPS) is 13.1. The van der Waals surface area contributed by atoms with Crippen LogP contribution in [0.25, 0.3) is 0 Å². The lowest BCUT2D eigenvalue weighted by Gasteiger charge is -2.29. The molecule has 0 unspecified atom stereocenters. The van der Waals surface area contributed by atoms with Gasteiger partial charge in [-0.15, -0.1) is 0 Å². The van der Waals surface area contributed by atoms with Gasteiger partial charge in [-0.3, -0.25) is 9.69 Å². The minimum Gasteiger partial charge on any atom is -0.480 e. The van der Waals surface area contributed by atoms with Crippen LogP contribution < -0.4 is 10.6 Å². The zero-order valence-corrected chi connectivity index (χ0v) is 12.9. The van der Waals surface area contributed by atoms with E-state index in [2.05, 4.69) is 0 Å². The molecule has 120 valence electrons. The van der Waals surface area contributed by atoms with E-state index in [-0.39, 0.29) is 0 Å². The molecule has 2 rings (SSSR count). The highest BCUT2D eigenvalue weighted by atomic mass is 16.4. The minimum absolute atomic E-state index is 0.356. The van der Waals surface area contributed by atoms with Gasteiger partial charge in [-0.2, -0.15) is 0 Å². The summed E-state index contributed by atoms with van der Waals surface area (Å²) in [6, 6.07) is 16.3. The lowest BCUT2D eigenvalue weighted by Crippen LogP contribution is -2.51. The second-order valence-electron chi connectivity index (χ2n) is 5.35. The van der Waals surface area contributed by atoms with Crippen molar-refractivity contribution in [3.05, 3.63) is 66.2 Å². The third-order valence-corrected chi connectivity index (χ3v) is 3.63. The maximum atomic E-state index is 12.7. The van der Waals surface area contributed by atoms with Gasteiger partial charge in [0.25, 0.3) is 0 Å². The number of hydrogen-bond acceptors (Lipinski definition) is 3. The van der Waals surface area contributed by atoms with E-state index in [0.29, 0.717) is 12.1 Å². The fourth-order valence-electron chi connectivity index (χ4n) is 2.37. The molecule has 0 saturated carbocycles. The fraction of sp³-hybridized carbons (Fsp3) is 0.222. The molecule has 5 heteroatoms. The molecule has 0 radical (unpaired) electrons. The lowest BCUT2D eigenvalue weighted by atomic mass is 10.0. The molecule has 2 atom stereocenters. The van der Waals surface area contributed by atoms with E-state index in [1.165, 1.54) is 11.8 Å². The van der Waals surface area contributed by atoms with Crippen molar-refractivity contribution in [3.8, 4) is 0 Å². The number of anilines is 1. The molecule has 0 fully saturated rings. The van der Waals surface area contributed by atoms with Crippen LogP contribution in [0.15, 0.2) is 60.7 Å². The first-order valence-electron chi connectivity index (χ1n) is 7.41. The summed E-state index contributed by atoms with van der Waals surface area (Å²) in [6.45, 7) is 1.47. The molecule has 1 amide bonds. The summed E-state index contributed by atoms with van der Waals surface area (Å²) in [6.07, 6.45) is 0.356. The summed E-state index contributed by atoms with van der Waals surface area (Å²) in [7, 11) is 0. The van der Waals surface area contributed by atoms with Gasteiger partial charge in [0.15, 0.2) is 0 Å². The third kappa shape index (κ3) is 4.17. The number of benzene rings is 2. The molecular weight excluding hydrogens is 292 g/mol. The van der Waals surface area contributed by atoms with Crippen molar-refractivity contribution in [2.24, 2.45) is 5.73 Å². The van der Waals surface area contributed by atoms with Crippen LogP contribution in [-0.4, -0.2) is 29.1 Å². The van der Waals surface area contributed by atoms with Gasteiger partial charge in [-0.25, -0.2) is 4.79 Å². The number of nitrogens with two attached hydrogens (primary N) is 1. The molecule has 5 nitrogen and oxygen atoms in total. The Bertz CT molecular complexity index is 658. The van der Waals surface area contributed by atoms with Crippen molar-refractivity contribution in [2.45, 2.75) is 25.4 Å². The number of carboxylic acids is 1. The fourth-order valence-corrected chi connectivity index (χ4v) is 2.37. The van der Waals surface area contributed by atoms with Gasteiger partial charge in [-0.1, -0.05) is 48.5 Å². The van der Waals surface area contributed by atoms with E-state index in [1.54, 1.807) is 24.3 Å². The van der Waals surface area contributed by atoms with Crippen molar-refractivity contribution in [1.82, 2.24) is 0 Å². The average Bonchev–Trinajstić information content (AvgIpc) is 2.56. The zero-order chi connectivity index (χ0) is 16.8. The number of rotatable bonds is 6. The third-order valence-electron chi connectivity index (χ3n) is 3.63. The first kappa shape index (κ1) is 16.7. The van der Waals surface area contributed by atoms with Gasteiger partial charge in [-0.05, 0) is 31.0 Å². The van der Waals surface area contributed by atoms with Crippen molar-refractivity contribution in [3.63, 3.8) is 0 Å². The molecule has 23 heavy (non-hydrogen) atoms. The Morgan fingerprint density at radius 1 is 1.04 bits per heavy atom. The maximum Gasteiger partial charge on any atom is 0.326 e. The van der Waals surface area contributed by atoms with Gasteiger partial charge >= 0.3 is 5.97 Å². The zero-order valence-electron chi connectivity index (χ0n) is 12.9. The molecule has 0 saturated heterocycles. The first-order valence-corrected chi connectivity index (χ1v) is 7.41. The molecule has 2 aromatic carbocycles. The quantitative estimate of drug-likeness (QED) is 0.855. The molecule has 2 aromatic rings. The van der Waals surface area contributed by atoms with Crippen LogP contribution in [0.1, 0.15) is 12.5 Å². The van der Waals surface area contributed by atoms with E-state index in [1.807, 2.05) is 36.4 Å². The van der Waals surface area contributed by atoms with Crippen LogP contribution in [-0.2, 0) is 16.0 Å². The van der Waals surface area contributed by atoms with Gasteiger partial charge < -0.3 is 10.8 Å². The number of aliphatic carboxylic acids is 1. The number of nitrogens with zero attached hydrogens (tertiary/aromatic N) is 1. The highest BCUT2D eigenvalue weighted by Gasteiger charge is 2.30. The Labute approximate surface area is 135 Å². The molecule has 0 aliphatic rings. The van der Waals surface area contributed by atoms with E-state index < -0.39 is 24.0 Å². The average molecular weight is 312 g/mol. The molecule has 0 bridgehead atoms. The molecule has 0 aliphatic carbocycles. The topological polar surface area (TPSA) is 83.6 Å². The smallest absolute Gasteiger partial charge is 0.326 e. The van der Waals surface area contributed by atoms with E-state index in [9.17, 15) is 14.7 Å². The van der Waals surface area contributed by atoms with Crippen LogP contribution in [0.5, 0.6) is 0 Å². The van der Waals surface area contributed by atoms with Gasteiger partial charge in [0.1, 0.15) is 6.04 Å². The highest BCUT2D eigenvalue weighted by molar-refractivity contribution is 6.01. The summed E-state index contributed by atoms with van der Waals surface area (Å²) in [5, 5.41) is 9.30. The Hall–Kier alpha value is -2.66. The number of carbonyl (C=O) groups is 2. The molecule has 0 spiro atoms. The van der Waals surface area contributed by atoms with E-state index >= 15 is 0 Å². The Kier molecular flexibility index (Phi) is 5.49. The summed E-state index contributed by atoms with van der Waals surface area (Å²) in [5.74, 6) is -1.48. The van der Waals surface area contributed by atoms with Crippen LogP contribution in [0, 0.1) is 0 Å². The molecule has 0 heterocycles. The van der Waals surface area contributed by atoms with Crippen molar-refractivity contribution in [2.75, 3.05) is 4.90 Å². The summed E-state index contributed by atoms with van der Waals surface area (Å²) >= 11 is 0. The van der Waals surface area contributed by atoms with Gasteiger partial charge in [0.2, 0.25) is 5.91 Å². The monoisotopic (exact) mass is 312 g/mol. The minimum atomic E-state index is -1.07. The standard InChI is InChI=1S/C18H20N2O3/c1-13(18(22)23)20(15-10-6-3-7-11-15)17(21)16(19)12-14-8-4-2-5-9-14/h2-11,13,16H,12,19H2,1H3,(H,22,23)/t13-,16-/m0/s1. The van der Waals surface area contributed by atoms with E-state index in [4.69, 9.17) is 5.73 Å². The van der Waals surface area contributed by atoms with E-state index in [0.717, 1.165) is 5.56 Å². The predicted molar refractivity (Wildman–Crippen MR) is 89.1 cm³/mol. The Morgan fingerprint density at radius 2 is 1.57 bits per heavy atom. The number of carbonyl (C=O) groups excluding carboxylic acids is 1. The SMILES string of the molecule is C[C@@H](C(=O)O)N(C(=O)[C@@H](N)Cc1ccccc1)c1ccccc1. The second kappa shape index (κ2) is 7.56. The first-order chi connectivity index (χ1) is 11.0. The predicted octanol–water partition coefficient (Wildman–Crippen LogP) is 2.06.